The molecule has 1 N–H and O–H groups in total. The molecule has 3 aromatic rings. The van der Waals surface area contributed by atoms with Crippen LogP contribution in [0.4, 0.5) is 0 Å². The molecule has 0 aliphatic carbocycles. The molecule has 1 heterocycles. The molecule has 4 rings (SSSR count). The molecule has 1 amide bonds. The number of amides is 1. The van der Waals surface area contributed by atoms with Crippen LogP contribution in [0.3, 0.4) is 0 Å². The predicted molar refractivity (Wildman–Crippen MR) is 132 cm³/mol. The minimum Gasteiger partial charge on any atom is -0.359 e. The SMILES string of the molecule is CN1CCN(CC(NC(=O)COC(c2ccccc2)c2ccccc2)c2ccccc2)CC1. The number of nitrogens with zero attached hydrogens (tertiary/aromatic N) is 2. The Morgan fingerprint density at radius 1 is 0.788 bits per heavy atom. The zero-order valence-electron chi connectivity index (χ0n) is 19.3. The largest absolute Gasteiger partial charge is 0.359 e. The number of carbonyl (C=O) groups excluding carboxylic acids is 1. The second-order valence-corrected chi connectivity index (χ2v) is 8.65. The molecule has 0 radical (unpaired) electrons. The molecule has 3 aromatic carbocycles. The third-order valence-electron chi connectivity index (χ3n) is 6.16. The van der Waals surface area contributed by atoms with Gasteiger partial charge >= 0.3 is 0 Å². The molecule has 172 valence electrons. The Hall–Kier alpha value is -2.99. The van der Waals surface area contributed by atoms with E-state index in [1.54, 1.807) is 0 Å². The van der Waals surface area contributed by atoms with E-state index in [9.17, 15) is 4.79 Å². The van der Waals surface area contributed by atoms with Gasteiger partial charge in [0.15, 0.2) is 0 Å². The lowest BCUT2D eigenvalue weighted by molar-refractivity contribution is -0.128. The fourth-order valence-corrected chi connectivity index (χ4v) is 4.24. The lowest BCUT2D eigenvalue weighted by Gasteiger charge is -2.35. The number of nitrogens with one attached hydrogen (secondary N) is 1. The van der Waals surface area contributed by atoms with Gasteiger partial charge in [0.2, 0.25) is 5.91 Å². The highest BCUT2D eigenvalue weighted by Crippen LogP contribution is 2.25. The number of piperazine rings is 1. The number of likely N-dealkylation sites (N-methyl/N-ethyl adjacent to an activating group) is 1. The van der Waals surface area contributed by atoms with E-state index >= 15 is 0 Å². The van der Waals surface area contributed by atoms with Gasteiger partial charge in [0, 0.05) is 32.7 Å². The second-order valence-electron chi connectivity index (χ2n) is 8.65. The van der Waals surface area contributed by atoms with Crippen molar-refractivity contribution in [2.24, 2.45) is 0 Å². The van der Waals surface area contributed by atoms with Crippen LogP contribution in [0.1, 0.15) is 28.8 Å². The summed E-state index contributed by atoms with van der Waals surface area (Å²) in [6.07, 6.45) is -0.286. The maximum atomic E-state index is 13.0. The smallest absolute Gasteiger partial charge is 0.246 e. The molecule has 1 fully saturated rings. The van der Waals surface area contributed by atoms with Crippen LogP contribution in [0.5, 0.6) is 0 Å². The van der Waals surface area contributed by atoms with E-state index < -0.39 is 0 Å². The summed E-state index contributed by atoms with van der Waals surface area (Å²) in [5, 5.41) is 3.23. The number of hydrogen-bond acceptors (Lipinski definition) is 4. The van der Waals surface area contributed by atoms with E-state index in [-0.39, 0.29) is 24.7 Å². The van der Waals surface area contributed by atoms with Crippen LogP contribution in [0.25, 0.3) is 0 Å². The Bertz CT molecular complexity index is 934. The number of carbonyl (C=O) groups is 1. The van der Waals surface area contributed by atoms with Gasteiger partial charge in [-0.15, -0.1) is 0 Å². The summed E-state index contributed by atoms with van der Waals surface area (Å²) in [6.45, 7) is 4.92. The maximum Gasteiger partial charge on any atom is 0.246 e. The van der Waals surface area contributed by atoms with Crippen molar-refractivity contribution in [3.63, 3.8) is 0 Å². The van der Waals surface area contributed by atoms with E-state index in [1.807, 2.05) is 78.9 Å². The van der Waals surface area contributed by atoms with E-state index in [4.69, 9.17) is 4.74 Å². The molecule has 0 saturated carbocycles. The minimum atomic E-state index is -0.286. The lowest BCUT2D eigenvalue weighted by atomic mass is 10.0. The molecule has 0 aromatic heterocycles. The Labute approximate surface area is 197 Å². The van der Waals surface area contributed by atoms with Crippen molar-refractivity contribution in [3.8, 4) is 0 Å². The Kier molecular flexibility index (Phi) is 8.25. The molecule has 5 nitrogen and oxygen atoms in total. The number of hydrogen-bond donors (Lipinski definition) is 1. The third kappa shape index (κ3) is 6.75. The van der Waals surface area contributed by atoms with Crippen LogP contribution >= 0.6 is 0 Å². The van der Waals surface area contributed by atoms with Crippen molar-refractivity contribution in [1.29, 1.82) is 0 Å². The van der Waals surface area contributed by atoms with Gasteiger partial charge in [-0.1, -0.05) is 91.0 Å². The molecule has 1 unspecified atom stereocenters. The highest BCUT2D eigenvalue weighted by molar-refractivity contribution is 5.77. The van der Waals surface area contributed by atoms with E-state index in [0.717, 1.165) is 49.4 Å². The number of rotatable bonds is 9. The van der Waals surface area contributed by atoms with Crippen molar-refractivity contribution >= 4 is 5.91 Å². The van der Waals surface area contributed by atoms with Crippen LogP contribution in [0, 0.1) is 0 Å². The molecule has 0 spiro atoms. The first-order valence-electron chi connectivity index (χ1n) is 11.7. The minimum absolute atomic E-state index is 0.000522. The monoisotopic (exact) mass is 443 g/mol. The highest BCUT2D eigenvalue weighted by Gasteiger charge is 2.22. The van der Waals surface area contributed by atoms with Crippen molar-refractivity contribution in [2.75, 3.05) is 46.4 Å². The van der Waals surface area contributed by atoms with E-state index in [0.29, 0.717) is 0 Å². The summed E-state index contributed by atoms with van der Waals surface area (Å²) in [7, 11) is 2.15. The topological polar surface area (TPSA) is 44.8 Å². The Morgan fingerprint density at radius 3 is 1.79 bits per heavy atom. The molecule has 1 atom stereocenters. The van der Waals surface area contributed by atoms with Gasteiger partial charge in [-0.3, -0.25) is 9.69 Å². The highest BCUT2D eigenvalue weighted by atomic mass is 16.5. The number of ether oxygens (including phenoxy) is 1. The van der Waals surface area contributed by atoms with Gasteiger partial charge in [0.25, 0.3) is 0 Å². The molecule has 5 heteroatoms. The first-order valence-corrected chi connectivity index (χ1v) is 11.7. The first-order chi connectivity index (χ1) is 16.2. The van der Waals surface area contributed by atoms with Crippen LogP contribution in [0.15, 0.2) is 91.0 Å². The zero-order chi connectivity index (χ0) is 22.9. The lowest BCUT2D eigenvalue weighted by Crippen LogP contribution is -2.48. The average Bonchev–Trinajstić information content (AvgIpc) is 2.87. The standard InChI is InChI=1S/C28H33N3O2/c1-30-17-19-31(20-18-30)21-26(23-11-5-2-6-12-23)29-27(32)22-33-28(24-13-7-3-8-14-24)25-15-9-4-10-16-25/h2-16,26,28H,17-22H2,1H3,(H,29,32). The van der Waals surface area contributed by atoms with Crippen molar-refractivity contribution in [3.05, 3.63) is 108 Å². The van der Waals surface area contributed by atoms with Gasteiger partial charge in [-0.25, -0.2) is 0 Å². The van der Waals surface area contributed by atoms with Crippen molar-refractivity contribution in [2.45, 2.75) is 12.1 Å². The van der Waals surface area contributed by atoms with Crippen molar-refractivity contribution in [1.82, 2.24) is 15.1 Å². The molecule has 33 heavy (non-hydrogen) atoms. The van der Waals surface area contributed by atoms with Crippen LogP contribution in [-0.4, -0.2) is 62.1 Å². The summed E-state index contributed by atoms with van der Waals surface area (Å²) < 4.78 is 6.18. The summed E-state index contributed by atoms with van der Waals surface area (Å²) in [5.74, 6) is -0.102. The normalized spacial score (nSPS) is 15.9. The number of benzene rings is 3. The van der Waals surface area contributed by atoms with Gasteiger partial charge in [-0.05, 0) is 23.7 Å². The first kappa shape index (κ1) is 23.2. The van der Waals surface area contributed by atoms with Gasteiger partial charge < -0.3 is 15.0 Å². The van der Waals surface area contributed by atoms with E-state index in [1.165, 1.54) is 0 Å². The maximum absolute atomic E-state index is 13.0. The van der Waals surface area contributed by atoms with Crippen molar-refractivity contribution < 1.29 is 9.53 Å². The molecule has 1 aliphatic rings. The van der Waals surface area contributed by atoms with E-state index in [2.05, 4.69) is 34.3 Å². The molecule has 1 saturated heterocycles. The summed E-state index contributed by atoms with van der Waals surface area (Å²) in [6, 6.07) is 30.3. The fraction of sp³-hybridized carbons (Fsp3) is 0.321. The van der Waals surface area contributed by atoms with Crippen LogP contribution in [0.2, 0.25) is 0 Å². The summed E-state index contributed by atoms with van der Waals surface area (Å²) in [4.78, 5) is 17.8. The molecular weight excluding hydrogens is 410 g/mol. The van der Waals surface area contributed by atoms with Gasteiger partial charge in [0.1, 0.15) is 12.7 Å². The zero-order valence-corrected chi connectivity index (χ0v) is 19.3. The summed E-state index contributed by atoms with van der Waals surface area (Å²) >= 11 is 0. The summed E-state index contributed by atoms with van der Waals surface area (Å²) in [5.41, 5.74) is 3.19. The van der Waals surface area contributed by atoms with Gasteiger partial charge in [0.05, 0.1) is 6.04 Å². The van der Waals surface area contributed by atoms with Gasteiger partial charge in [-0.2, -0.15) is 0 Å². The quantitative estimate of drug-likeness (QED) is 0.545. The Balaban J connectivity index is 1.42. The molecule has 0 bridgehead atoms. The third-order valence-corrected chi connectivity index (χ3v) is 6.16. The fourth-order valence-electron chi connectivity index (χ4n) is 4.24. The predicted octanol–water partition coefficient (Wildman–Crippen LogP) is 3.90. The molecular formula is C28H33N3O2. The molecule has 1 aliphatic heterocycles. The van der Waals surface area contributed by atoms with Crippen LogP contribution in [-0.2, 0) is 9.53 Å². The Morgan fingerprint density at radius 2 is 1.27 bits per heavy atom. The second kappa shape index (κ2) is 11.8. The average molecular weight is 444 g/mol. The van der Waals surface area contributed by atoms with Crippen LogP contribution < -0.4 is 5.32 Å².